The van der Waals surface area contributed by atoms with Crippen LogP contribution in [0.3, 0.4) is 0 Å². The second kappa shape index (κ2) is 9.10. The molecule has 0 aromatic carbocycles. The summed E-state index contributed by atoms with van der Waals surface area (Å²) in [5.41, 5.74) is 0. The molecule has 1 unspecified atom stereocenters. The molecule has 0 amide bonds. The van der Waals surface area contributed by atoms with Gasteiger partial charge in [-0.2, -0.15) is 0 Å². The number of thiophene rings is 1. The van der Waals surface area contributed by atoms with Crippen LogP contribution in [-0.4, -0.2) is 31.1 Å². The lowest BCUT2D eigenvalue weighted by Gasteiger charge is -2.23. The van der Waals surface area contributed by atoms with E-state index in [9.17, 15) is 4.79 Å². The molecule has 19 heavy (non-hydrogen) atoms. The molecule has 1 heterocycles. The van der Waals surface area contributed by atoms with Gasteiger partial charge in [-0.15, -0.1) is 11.3 Å². The molecule has 0 bridgehead atoms. The average molecular weight is 283 g/mol. The number of unbranched alkanes of at least 4 members (excludes halogenated alkanes) is 2. The van der Waals surface area contributed by atoms with Crippen molar-refractivity contribution in [2.24, 2.45) is 0 Å². The minimum absolute atomic E-state index is 0.0668. The fraction of sp³-hybridized carbons (Fsp3) is 0.667. The molecule has 0 aliphatic rings. The Labute approximate surface area is 120 Å². The number of carbonyl (C=O) groups is 1. The Kier molecular flexibility index (Phi) is 7.75. The molecule has 0 saturated carbocycles. The Balaban J connectivity index is 2.10. The molecule has 108 valence electrons. The Morgan fingerprint density at radius 3 is 2.84 bits per heavy atom. The third-order valence-corrected chi connectivity index (χ3v) is 4.36. The number of ether oxygens (including phenoxy) is 1. The van der Waals surface area contributed by atoms with E-state index < -0.39 is 0 Å². The standard InChI is InChI=1S/C15H25NO2S/c1-4-18-15(17)10-6-5-7-11-16(3)13(2)14-9-8-12-19-14/h8-9,12-13H,4-7,10-11H2,1-3H3. The Morgan fingerprint density at radius 1 is 1.42 bits per heavy atom. The van der Waals surface area contributed by atoms with E-state index >= 15 is 0 Å². The van der Waals surface area contributed by atoms with Gasteiger partial charge >= 0.3 is 5.97 Å². The van der Waals surface area contributed by atoms with Crippen molar-refractivity contribution in [3.05, 3.63) is 22.4 Å². The molecule has 0 fully saturated rings. The quantitative estimate of drug-likeness (QED) is 0.509. The molecule has 3 nitrogen and oxygen atoms in total. The monoisotopic (exact) mass is 283 g/mol. The van der Waals surface area contributed by atoms with Gasteiger partial charge in [0, 0.05) is 17.3 Å². The topological polar surface area (TPSA) is 29.5 Å². The molecule has 0 radical (unpaired) electrons. The van der Waals surface area contributed by atoms with E-state index in [2.05, 4.69) is 36.4 Å². The van der Waals surface area contributed by atoms with Crippen LogP contribution in [0.2, 0.25) is 0 Å². The molecular weight excluding hydrogens is 258 g/mol. The van der Waals surface area contributed by atoms with Gasteiger partial charge < -0.3 is 4.74 Å². The van der Waals surface area contributed by atoms with Gasteiger partial charge in [-0.25, -0.2) is 0 Å². The highest BCUT2D eigenvalue weighted by Crippen LogP contribution is 2.23. The number of nitrogens with zero attached hydrogens (tertiary/aromatic N) is 1. The van der Waals surface area contributed by atoms with E-state index in [4.69, 9.17) is 4.74 Å². The first kappa shape index (κ1) is 16.2. The van der Waals surface area contributed by atoms with Gasteiger partial charge in [0.2, 0.25) is 0 Å². The summed E-state index contributed by atoms with van der Waals surface area (Å²) in [5, 5.41) is 2.12. The van der Waals surface area contributed by atoms with Crippen molar-refractivity contribution in [2.45, 2.75) is 45.6 Å². The SMILES string of the molecule is CCOC(=O)CCCCCN(C)C(C)c1cccs1. The van der Waals surface area contributed by atoms with Crippen LogP contribution < -0.4 is 0 Å². The first-order chi connectivity index (χ1) is 9.15. The molecule has 0 N–H and O–H groups in total. The summed E-state index contributed by atoms with van der Waals surface area (Å²) in [6.45, 7) is 5.64. The second-order valence-electron chi connectivity index (χ2n) is 4.79. The van der Waals surface area contributed by atoms with Crippen molar-refractivity contribution in [3.63, 3.8) is 0 Å². The van der Waals surface area contributed by atoms with Crippen molar-refractivity contribution < 1.29 is 9.53 Å². The highest BCUT2D eigenvalue weighted by atomic mass is 32.1. The summed E-state index contributed by atoms with van der Waals surface area (Å²) in [4.78, 5) is 15.0. The highest BCUT2D eigenvalue weighted by Gasteiger charge is 2.11. The smallest absolute Gasteiger partial charge is 0.305 e. The predicted molar refractivity (Wildman–Crippen MR) is 80.5 cm³/mol. The third kappa shape index (κ3) is 6.21. The Bertz CT molecular complexity index is 351. The van der Waals surface area contributed by atoms with E-state index in [1.54, 1.807) is 0 Å². The summed E-state index contributed by atoms with van der Waals surface area (Å²) < 4.78 is 4.91. The molecule has 0 aliphatic heterocycles. The van der Waals surface area contributed by atoms with Crippen molar-refractivity contribution >= 4 is 17.3 Å². The maximum atomic E-state index is 11.2. The Morgan fingerprint density at radius 2 is 2.21 bits per heavy atom. The van der Waals surface area contributed by atoms with Crippen LogP contribution in [0.4, 0.5) is 0 Å². The van der Waals surface area contributed by atoms with E-state index in [0.29, 0.717) is 19.1 Å². The molecule has 4 heteroatoms. The van der Waals surface area contributed by atoms with E-state index in [1.807, 2.05) is 18.3 Å². The largest absolute Gasteiger partial charge is 0.466 e. The van der Waals surface area contributed by atoms with Crippen molar-refractivity contribution in [2.75, 3.05) is 20.2 Å². The fourth-order valence-corrected chi connectivity index (χ4v) is 2.83. The number of carbonyl (C=O) groups excluding carboxylic acids is 1. The lowest BCUT2D eigenvalue weighted by Crippen LogP contribution is -2.22. The first-order valence-corrected chi connectivity index (χ1v) is 7.92. The van der Waals surface area contributed by atoms with Gasteiger partial charge in [-0.1, -0.05) is 12.5 Å². The summed E-state index contributed by atoms with van der Waals surface area (Å²) in [7, 11) is 2.16. The van der Waals surface area contributed by atoms with Crippen LogP contribution >= 0.6 is 11.3 Å². The molecule has 0 saturated heterocycles. The van der Waals surface area contributed by atoms with Gasteiger partial charge in [0.25, 0.3) is 0 Å². The summed E-state index contributed by atoms with van der Waals surface area (Å²) in [6.07, 6.45) is 3.70. The maximum Gasteiger partial charge on any atom is 0.305 e. The van der Waals surface area contributed by atoms with Crippen LogP contribution in [0.15, 0.2) is 17.5 Å². The molecule has 1 aromatic heterocycles. The zero-order valence-electron chi connectivity index (χ0n) is 12.2. The van der Waals surface area contributed by atoms with Crippen LogP contribution in [0.25, 0.3) is 0 Å². The van der Waals surface area contributed by atoms with Crippen LogP contribution in [0, 0.1) is 0 Å². The molecule has 1 atom stereocenters. The number of hydrogen-bond acceptors (Lipinski definition) is 4. The van der Waals surface area contributed by atoms with Gasteiger partial charge in [0.05, 0.1) is 6.61 Å². The molecule has 0 spiro atoms. The molecular formula is C15H25NO2S. The zero-order chi connectivity index (χ0) is 14.1. The normalized spacial score (nSPS) is 12.6. The fourth-order valence-electron chi connectivity index (χ4n) is 1.98. The molecule has 1 rings (SSSR count). The van der Waals surface area contributed by atoms with Crippen LogP contribution in [0.5, 0.6) is 0 Å². The van der Waals surface area contributed by atoms with Crippen molar-refractivity contribution in [1.29, 1.82) is 0 Å². The first-order valence-electron chi connectivity index (χ1n) is 7.04. The average Bonchev–Trinajstić information content (AvgIpc) is 2.91. The summed E-state index contributed by atoms with van der Waals surface area (Å²) >= 11 is 1.81. The number of hydrogen-bond donors (Lipinski definition) is 0. The van der Waals surface area contributed by atoms with Gasteiger partial charge in [-0.05, 0) is 51.7 Å². The van der Waals surface area contributed by atoms with E-state index in [1.165, 1.54) is 4.88 Å². The van der Waals surface area contributed by atoms with Gasteiger partial charge in [0.1, 0.15) is 0 Å². The predicted octanol–water partition coefficient (Wildman–Crippen LogP) is 3.86. The Hall–Kier alpha value is -0.870. The van der Waals surface area contributed by atoms with E-state index in [-0.39, 0.29) is 5.97 Å². The van der Waals surface area contributed by atoms with Crippen molar-refractivity contribution in [3.8, 4) is 0 Å². The minimum atomic E-state index is -0.0668. The number of esters is 1. The summed E-state index contributed by atoms with van der Waals surface area (Å²) in [5.74, 6) is -0.0668. The second-order valence-corrected chi connectivity index (χ2v) is 5.77. The van der Waals surface area contributed by atoms with Crippen molar-refractivity contribution in [1.82, 2.24) is 4.90 Å². The van der Waals surface area contributed by atoms with Gasteiger partial charge in [0.15, 0.2) is 0 Å². The van der Waals surface area contributed by atoms with Crippen LogP contribution in [0.1, 0.15) is 50.4 Å². The molecule has 1 aromatic rings. The van der Waals surface area contributed by atoms with E-state index in [0.717, 1.165) is 25.8 Å². The maximum absolute atomic E-state index is 11.2. The number of rotatable bonds is 9. The lowest BCUT2D eigenvalue weighted by atomic mass is 10.1. The minimum Gasteiger partial charge on any atom is -0.466 e. The molecule has 0 aliphatic carbocycles. The van der Waals surface area contributed by atoms with Crippen LogP contribution in [-0.2, 0) is 9.53 Å². The van der Waals surface area contributed by atoms with Gasteiger partial charge in [-0.3, -0.25) is 9.69 Å². The zero-order valence-corrected chi connectivity index (χ0v) is 13.0. The lowest BCUT2D eigenvalue weighted by molar-refractivity contribution is -0.143. The third-order valence-electron chi connectivity index (χ3n) is 3.31. The highest BCUT2D eigenvalue weighted by molar-refractivity contribution is 7.10. The summed E-state index contributed by atoms with van der Waals surface area (Å²) in [6, 6.07) is 4.76.